The van der Waals surface area contributed by atoms with Gasteiger partial charge in [0.15, 0.2) is 0 Å². The Balaban J connectivity index is 0.00000242. The molecule has 124 valence electrons. The first-order chi connectivity index (χ1) is 10.2. The van der Waals surface area contributed by atoms with E-state index in [1.807, 2.05) is 22.9 Å². The van der Waals surface area contributed by atoms with Crippen LogP contribution < -0.4 is 0 Å². The zero-order chi connectivity index (χ0) is 15.1. The highest BCUT2D eigenvalue weighted by Crippen LogP contribution is 2.35. The van der Waals surface area contributed by atoms with Crippen LogP contribution >= 0.6 is 39.7 Å². The highest BCUT2D eigenvalue weighted by molar-refractivity contribution is 8.93. The van der Waals surface area contributed by atoms with E-state index in [1.165, 1.54) is 0 Å². The number of hydrogen-bond donors (Lipinski definition) is 1. The minimum atomic E-state index is -0.847. The molecule has 0 amide bonds. The normalized spacial score (nSPS) is 11.6. The summed E-state index contributed by atoms with van der Waals surface area (Å²) < 4.78 is 0. The minimum absolute atomic E-state index is 0. The van der Waals surface area contributed by atoms with Gasteiger partial charge in [-0.25, -0.2) is 0 Å². The summed E-state index contributed by atoms with van der Waals surface area (Å²) in [6, 6.07) is 4.10. The molecule has 22 heavy (non-hydrogen) atoms. The van der Waals surface area contributed by atoms with Crippen molar-refractivity contribution in [1.82, 2.24) is 4.90 Å². The third-order valence-electron chi connectivity index (χ3n) is 3.87. The number of thiophene rings is 2. The Kier molecular flexibility index (Phi) is 8.87. The molecule has 1 N–H and O–H groups in total. The van der Waals surface area contributed by atoms with Crippen molar-refractivity contribution in [1.29, 1.82) is 0 Å². The monoisotopic (exact) mass is 403 g/mol. The zero-order valence-corrected chi connectivity index (χ0v) is 16.7. The van der Waals surface area contributed by atoms with Crippen LogP contribution in [0.4, 0.5) is 0 Å². The molecule has 2 nitrogen and oxygen atoms in total. The fourth-order valence-electron chi connectivity index (χ4n) is 2.74. The highest BCUT2D eigenvalue weighted by Gasteiger charge is 2.32. The van der Waals surface area contributed by atoms with Gasteiger partial charge in [0.05, 0.1) is 0 Å². The molecule has 2 aromatic heterocycles. The summed E-state index contributed by atoms with van der Waals surface area (Å²) >= 11 is 3.30. The molecule has 0 aliphatic heterocycles. The number of rotatable bonds is 9. The van der Waals surface area contributed by atoms with Crippen LogP contribution in [0.5, 0.6) is 0 Å². The maximum absolute atomic E-state index is 11.3. The topological polar surface area (TPSA) is 23.5 Å². The first kappa shape index (κ1) is 19.8. The number of nitrogens with zero attached hydrogens (tertiary/aromatic N) is 1. The summed E-state index contributed by atoms with van der Waals surface area (Å²) in [6.07, 6.45) is 3.07. The van der Waals surface area contributed by atoms with E-state index in [0.717, 1.165) is 50.0 Å². The van der Waals surface area contributed by atoms with Gasteiger partial charge in [0.2, 0.25) is 0 Å². The van der Waals surface area contributed by atoms with E-state index < -0.39 is 5.60 Å². The largest absolute Gasteiger partial charge is 0.380 e. The molecule has 2 aromatic rings. The second-order valence-corrected chi connectivity index (χ2v) is 7.04. The average Bonchev–Trinajstić information content (AvgIpc) is 3.17. The molecule has 0 aromatic carbocycles. The molecular formula is C17H26BrNOS2. The Labute approximate surface area is 152 Å². The van der Waals surface area contributed by atoms with Gasteiger partial charge in [-0.05, 0) is 77.1 Å². The average molecular weight is 404 g/mol. The summed E-state index contributed by atoms with van der Waals surface area (Å²) in [5.74, 6) is 0. The zero-order valence-electron chi connectivity index (χ0n) is 13.3. The Bertz CT molecular complexity index is 458. The smallest absolute Gasteiger partial charge is 0.117 e. The molecule has 0 fully saturated rings. The van der Waals surface area contributed by atoms with Crippen molar-refractivity contribution in [2.45, 2.75) is 38.7 Å². The lowest BCUT2D eigenvalue weighted by Crippen LogP contribution is -2.34. The van der Waals surface area contributed by atoms with Gasteiger partial charge in [0, 0.05) is 6.54 Å². The van der Waals surface area contributed by atoms with Gasteiger partial charge in [-0.1, -0.05) is 13.8 Å². The van der Waals surface area contributed by atoms with Crippen molar-refractivity contribution in [3.05, 3.63) is 44.8 Å². The summed E-state index contributed by atoms with van der Waals surface area (Å²) in [7, 11) is 0. The quantitative estimate of drug-likeness (QED) is 0.626. The molecule has 2 heterocycles. The fourth-order valence-corrected chi connectivity index (χ4v) is 4.19. The second-order valence-electron chi connectivity index (χ2n) is 5.48. The fraction of sp³-hybridized carbons (Fsp3) is 0.529. The van der Waals surface area contributed by atoms with Crippen LogP contribution in [0.1, 0.15) is 44.2 Å². The van der Waals surface area contributed by atoms with E-state index in [-0.39, 0.29) is 17.0 Å². The Morgan fingerprint density at radius 1 is 0.955 bits per heavy atom. The van der Waals surface area contributed by atoms with Crippen LogP contribution in [0, 0.1) is 0 Å². The van der Waals surface area contributed by atoms with Gasteiger partial charge in [-0.2, -0.15) is 22.7 Å². The van der Waals surface area contributed by atoms with Crippen molar-refractivity contribution in [2.75, 3.05) is 19.6 Å². The minimum Gasteiger partial charge on any atom is -0.380 e. The molecule has 0 saturated heterocycles. The predicted molar refractivity (Wildman–Crippen MR) is 104 cm³/mol. The van der Waals surface area contributed by atoms with Crippen LogP contribution in [-0.2, 0) is 5.60 Å². The molecule has 0 spiro atoms. The Morgan fingerprint density at radius 2 is 1.45 bits per heavy atom. The molecule has 0 radical (unpaired) electrons. The molecule has 5 heteroatoms. The van der Waals surface area contributed by atoms with E-state index in [0.29, 0.717) is 0 Å². The lowest BCUT2D eigenvalue weighted by Gasteiger charge is -2.30. The van der Waals surface area contributed by atoms with E-state index in [2.05, 4.69) is 29.5 Å². The van der Waals surface area contributed by atoms with Crippen LogP contribution in [0.25, 0.3) is 0 Å². The Hall–Kier alpha value is -0.200. The van der Waals surface area contributed by atoms with Crippen LogP contribution in [0.15, 0.2) is 33.7 Å². The molecule has 0 aliphatic carbocycles. The maximum atomic E-state index is 11.3. The van der Waals surface area contributed by atoms with Crippen LogP contribution in [0.2, 0.25) is 0 Å². The molecule has 2 rings (SSSR count). The summed E-state index contributed by atoms with van der Waals surface area (Å²) in [6.45, 7) is 7.58. The predicted octanol–water partition coefficient (Wildman–Crippen LogP) is 5.14. The first-order valence-corrected chi connectivity index (χ1v) is 9.59. The maximum Gasteiger partial charge on any atom is 0.117 e. The van der Waals surface area contributed by atoms with Gasteiger partial charge in [0.25, 0.3) is 0 Å². The van der Waals surface area contributed by atoms with Gasteiger partial charge in [-0.15, -0.1) is 17.0 Å². The summed E-state index contributed by atoms with van der Waals surface area (Å²) in [5, 5.41) is 19.5. The highest BCUT2D eigenvalue weighted by atomic mass is 79.9. The molecule has 0 aliphatic rings. The number of halogens is 1. The lowest BCUT2D eigenvalue weighted by atomic mass is 9.86. The second kappa shape index (κ2) is 9.83. The van der Waals surface area contributed by atoms with Crippen LogP contribution in [-0.4, -0.2) is 29.6 Å². The Morgan fingerprint density at radius 3 is 1.82 bits per heavy atom. The first-order valence-electron chi connectivity index (χ1n) is 7.70. The molecule has 0 unspecified atom stereocenters. The van der Waals surface area contributed by atoms with E-state index >= 15 is 0 Å². The van der Waals surface area contributed by atoms with E-state index in [1.54, 1.807) is 22.7 Å². The molecule has 0 atom stereocenters. The lowest BCUT2D eigenvalue weighted by molar-refractivity contribution is 0.0580. The van der Waals surface area contributed by atoms with Crippen molar-refractivity contribution >= 4 is 39.7 Å². The molecular weight excluding hydrogens is 378 g/mol. The van der Waals surface area contributed by atoms with Gasteiger partial charge < -0.3 is 10.0 Å². The van der Waals surface area contributed by atoms with Crippen molar-refractivity contribution in [3.63, 3.8) is 0 Å². The summed E-state index contributed by atoms with van der Waals surface area (Å²) in [5.41, 5.74) is 1.21. The van der Waals surface area contributed by atoms with Gasteiger partial charge >= 0.3 is 0 Å². The van der Waals surface area contributed by atoms with Gasteiger partial charge in [-0.3, -0.25) is 0 Å². The SMILES string of the molecule is Br.CCCN(CCC)CCC(O)(c1ccsc1)c1ccsc1. The van der Waals surface area contributed by atoms with E-state index in [9.17, 15) is 5.11 Å². The number of aliphatic hydroxyl groups is 1. The van der Waals surface area contributed by atoms with Crippen molar-refractivity contribution in [2.24, 2.45) is 0 Å². The van der Waals surface area contributed by atoms with Crippen LogP contribution in [0.3, 0.4) is 0 Å². The third-order valence-corrected chi connectivity index (χ3v) is 5.23. The molecule has 0 bridgehead atoms. The third kappa shape index (κ3) is 4.90. The number of hydrogen-bond acceptors (Lipinski definition) is 4. The van der Waals surface area contributed by atoms with Crippen molar-refractivity contribution in [3.8, 4) is 0 Å². The summed E-state index contributed by atoms with van der Waals surface area (Å²) in [4.78, 5) is 2.46. The standard InChI is InChI=1S/C17H25NOS2.BrH/c1-3-8-18(9-4-2)10-7-17(19,15-5-11-20-13-15)16-6-12-21-14-16;/h5-6,11-14,19H,3-4,7-10H2,1-2H3;1H. The van der Waals surface area contributed by atoms with E-state index in [4.69, 9.17) is 0 Å². The van der Waals surface area contributed by atoms with Gasteiger partial charge in [0.1, 0.15) is 5.60 Å². The van der Waals surface area contributed by atoms with Crippen molar-refractivity contribution < 1.29 is 5.11 Å². The molecule has 0 saturated carbocycles.